The number of ether oxygens (including phenoxy) is 4. The molecule has 0 unspecified atom stereocenters. The first-order valence-corrected chi connectivity index (χ1v) is 9.90. The minimum Gasteiger partial charge on any atom is -0.484 e. The van der Waals surface area contributed by atoms with Crippen molar-refractivity contribution in [2.45, 2.75) is 56.4 Å². The Kier molecular flexibility index (Phi) is 7.78. The average molecular weight is 456 g/mol. The molecule has 0 spiro atoms. The quantitative estimate of drug-likeness (QED) is 0.431. The number of carbonyl (C=O) groups is 1. The first kappa shape index (κ1) is 23.1. The largest absolute Gasteiger partial charge is 0.522 e. The first-order valence-electron chi connectivity index (χ1n) is 9.53. The lowest BCUT2D eigenvalue weighted by Gasteiger charge is -2.37. The molecule has 30 heavy (non-hydrogen) atoms. The van der Waals surface area contributed by atoms with Gasteiger partial charge in [-0.3, -0.25) is 9.53 Å². The van der Waals surface area contributed by atoms with Crippen LogP contribution >= 0.6 is 11.6 Å². The molecule has 11 heteroatoms. The van der Waals surface area contributed by atoms with Crippen LogP contribution in [-0.4, -0.2) is 56.4 Å². The van der Waals surface area contributed by atoms with E-state index >= 15 is 0 Å². The van der Waals surface area contributed by atoms with Gasteiger partial charge in [-0.2, -0.15) is 0 Å². The van der Waals surface area contributed by atoms with E-state index in [0.717, 1.165) is 6.07 Å². The molecule has 0 saturated heterocycles. The lowest BCUT2D eigenvalue weighted by molar-refractivity contribution is -0.357. The van der Waals surface area contributed by atoms with Gasteiger partial charge in [0.2, 0.25) is 0 Å². The van der Waals surface area contributed by atoms with Crippen LogP contribution in [0.5, 0.6) is 5.75 Å². The molecule has 2 aliphatic rings. The highest BCUT2D eigenvalue weighted by Gasteiger charge is 2.40. The summed E-state index contributed by atoms with van der Waals surface area (Å²) in [5, 5.41) is 2.77. The lowest BCUT2D eigenvalue weighted by Crippen LogP contribution is -2.49. The van der Waals surface area contributed by atoms with Crippen molar-refractivity contribution in [2.24, 2.45) is 0 Å². The molecule has 168 valence electrons. The van der Waals surface area contributed by atoms with Gasteiger partial charge >= 0.3 is 6.36 Å². The Morgan fingerprint density at radius 2 is 1.70 bits per heavy atom. The summed E-state index contributed by atoms with van der Waals surface area (Å²) < 4.78 is 69.5. The van der Waals surface area contributed by atoms with Crippen LogP contribution in [0.3, 0.4) is 0 Å². The summed E-state index contributed by atoms with van der Waals surface area (Å²) in [5.74, 6) is -0.730. The third-order valence-electron chi connectivity index (χ3n) is 4.86. The SMILES string of the molecule is O=C(COc1ccc(Cl)c(F)c1)NC1CC(OCCOC2CC(OC(F)(F)F)C2)C1. The van der Waals surface area contributed by atoms with E-state index in [2.05, 4.69) is 10.1 Å². The van der Waals surface area contributed by atoms with Crippen molar-refractivity contribution in [2.75, 3.05) is 19.8 Å². The number of halogens is 5. The van der Waals surface area contributed by atoms with Gasteiger partial charge in [-0.1, -0.05) is 11.6 Å². The van der Waals surface area contributed by atoms with Gasteiger partial charge < -0.3 is 19.5 Å². The van der Waals surface area contributed by atoms with Gasteiger partial charge in [0.25, 0.3) is 5.91 Å². The van der Waals surface area contributed by atoms with Crippen molar-refractivity contribution < 1.29 is 41.3 Å². The molecule has 2 fully saturated rings. The van der Waals surface area contributed by atoms with E-state index in [4.69, 9.17) is 25.8 Å². The van der Waals surface area contributed by atoms with Crippen molar-refractivity contribution >= 4 is 17.5 Å². The number of amides is 1. The first-order chi connectivity index (χ1) is 14.2. The van der Waals surface area contributed by atoms with Crippen LogP contribution in [0.25, 0.3) is 0 Å². The molecular formula is C19H22ClF4NO5. The standard InChI is InChI=1S/C19H22ClF4NO5/c20-16-2-1-12(9-17(16)21)29-10-18(26)25-11-5-13(6-11)27-3-4-28-14-7-15(8-14)30-19(22,23)24/h1-2,9,11,13-15H,3-8,10H2,(H,25,26). The zero-order valence-electron chi connectivity index (χ0n) is 15.9. The van der Waals surface area contributed by atoms with Gasteiger partial charge in [0.15, 0.2) is 6.61 Å². The highest BCUT2D eigenvalue weighted by atomic mass is 35.5. The molecule has 0 bridgehead atoms. The molecule has 0 heterocycles. The summed E-state index contributed by atoms with van der Waals surface area (Å²) in [6.45, 7) is 0.387. The maximum absolute atomic E-state index is 13.3. The minimum atomic E-state index is -4.60. The van der Waals surface area contributed by atoms with E-state index in [1.54, 1.807) is 0 Å². The van der Waals surface area contributed by atoms with Crippen LogP contribution in [0, 0.1) is 5.82 Å². The highest BCUT2D eigenvalue weighted by Crippen LogP contribution is 2.32. The highest BCUT2D eigenvalue weighted by molar-refractivity contribution is 6.30. The number of carbonyl (C=O) groups excluding carboxylic acids is 1. The van der Waals surface area contributed by atoms with Crippen LogP contribution in [0.15, 0.2) is 18.2 Å². The Bertz CT molecular complexity index is 723. The van der Waals surface area contributed by atoms with Crippen molar-refractivity contribution in [3.8, 4) is 5.75 Å². The summed E-state index contributed by atoms with van der Waals surface area (Å²) in [6, 6.07) is 3.90. The Labute approximate surface area is 175 Å². The van der Waals surface area contributed by atoms with Crippen molar-refractivity contribution in [3.63, 3.8) is 0 Å². The molecule has 1 aromatic carbocycles. The van der Waals surface area contributed by atoms with Crippen LogP contribution in [0.2, 0.25) is 5.02 Å². The second kappa shape index (κ2) is 10.1. The van der Waals surface area contributed by atoms with Gasteiger partial charge in [0.1, 0.15) is 11.6 Å². The van der Waals surface area contributed by atoms with Gasteiger partial charge in [-0.15, -0.1) is 13.2 Å². The summed E-state index contributed by atoms with van der Waals surface area (Å²) >= 11 is 5.58. The molecule has 3 rings (SSSR count). The van der Waals surface area contributed by atoms with Crippen molar-refractivity contribution in [1.82, 2.24) is 5.32 Å². The third-order valence-corrected chi connectivity index (χ3v) is 5.17. The number of hydrogen-bond donors (Lipinski definition) is 1. The zero-order valence-corrected chi connectivity index (χ0v) is 16.7. The zero-order chi connectivity index (χ0) is 21.7. The monoisotopic (exact) mass is 455 g/mol. The molecule has 0 atom stereocenters. The minimum absolute atomic E-state index is 0.00659. The molecule has 0 radical (unpaired) electrons. The Hall–Kier alpha value is -1.62. The number of hydrogen-bond acceptors (Lipinski definition) is 5. The smallest absolute Gasteiger partial charge is 0.484 e. The topological polar surface area (TPSA) is 66.0 Å². The Morgan fingerprint density at radius 3 is 2.30 bits per heavy atom. The van der Waals surface area contributed by atoms with E-state index in [1.807, 2.05) is 0 Å². The fourth-order valence-corrected chi connectivity index (χ4v) is 3.29. The van der Waals surface area contributed by atoms with Gasteiger partial charge in [0, 0.05) is 24.9 Å². The second-order valence-corrected chi connectivity index (χ2v) is 7.65. The fraction of sp³-hybridized carbons (Fsp3) is 0.632. The fourth-order valence-electron chi connectivity index (χ4n) is 3.17. The molecule has 0 aromatic heterocycles. The molecule has 2 aliphatic carbocycles. The summed E-state index contributed by atoms with van der Waals surface area (Å²) in [7, 11) is 0. The lowest BCUT2D eigenvalue weighted by atomic mass is 9.89. The van der Waals surface area contributed by atoms with Gasteiger partial charge in [-0.05, 0) is 25.0 Å². The van der Waals surface area contributed by atoms with Gasteiger partial charge in [-0.25, -0.2) is 4.39 Å². The van der Waals surface area contributed by atoms with Crippen LogP contribution in [0.1, 0.15) is 25.7 Å². The molecule has 2 saturated carbocycles. The van der Waals surface area contributed by atoms with Crippen LogP contribution < -0.4 is 10.1 Å². The summed E-state index contributed by atoms with van der Waals surface area (Å²) in [5.41, 5.74) is 0. The second-order valence-electron chi connectivity index (χ2n) is 7.24. The maximum Gasteiger partial charge on any atom is 0.522 e. The molecule has 1 N–H and O–H groups in total. The number of nitrogens with one attached hydrogen (secondary N) is 1. The van der Waals surface area contributed by atoms with Crippen LogP contribution in [-0.2, 0) is 19.0 Å². The number of benzene rings is 1. The van der Waals surface area contributed by atoms with E-state index in [-0.39, 0.29) is 54.4 Å². The molecule has 1 amide bonds. The Balaban J connectivity index is 1.18. The maximum atomic E-state index is 13.3. The number of alkyl halides is 3. The number of rotatable bonds is 10. The predicted molar refractivity (Wildman–Crippen MR) is 97.7 cm³/mol. The van der Waals surface area contributed by atoms with Crippen molar-refractivity contribution in [1.29, 1.82) is 0 Å². The molecule has 6 nitrogen and oxygen atoms in total. The molecule has 1 aromatic rings. The summed E-state index contributed by atoms with van der Waals surface area (Å²) in [6.07, 6.45) is -3.93. The van der Waals surface area contributed by atoms with E-state index in [1.165, 1.54) is 12.1 Å². The van der Waals surface area contributed by atoms with E-state index in [0.29, 0.717) is 26.1 Å². The predicted octanol–water partition coefficient (Wildman–Crippen LogP) is 3.61. The van der Waals surface area contributed by atoms with Gasteiger partial charge in [0.05, 0.1) is 36.5 Å². The third kappa shape index (κ3) is 7.26. The van der Waals surface area contributed by atoms with Crippen molar-refractivity contribution in [3.05, 3.63) is 29.0 Å². The van der Waals surface area contributed by atoms with Crippen LogP contribution in [0.4, 0.5) is 17.6 Å². The normalized spacial score (nSPS) is 25.9. The summed E-state index contributed by atoms with van der Waals surface area (Å²) in [4.78, 5) is 11.9. The average Bonchev–Trinajstić information content (AvgIpc) is 2.60. The Morgan fingerprint density at radius 1 is 1.07 bits per heavy atom. The van der Waals surface area contributed by atoms with E-state index < -0.39 is 18.3 Å². The molecule has 0 aliphatic heterocycles. The van der Waals surface area contributed by atoms with E-state index in [9.17, 15) is 22.4 Å². The molecular weight excluding hydrogens is 434 g/mol.